The maximum Gasteiger partial charge on any atom is 0.133 e. The molecule has 0 fully saturated rings. The van der Waals surface area contributed by atoms with Gasteiger partial charge in [-0.2, -0.15) is 10.5 Å². The number of hydrogen-bond acceptors (Lipinski definition) is 3. The summed E-state index contributed by atoms with van der Waals surface area (Å²) < 4.78 is 0. The Morgan fingerprint density at radius 3 is 2.35 bits per heavy atom. The minimum absolute atomic E-state index is 0.0345. The highest BCUT2D eigenvalue weighted by Gasteiger charge is 2.04. The fourth-order valence-corrected chi connectivity index (χ4v) is 1.57. The fourth-order valence-electron chi connectivity index (χ4n) is 1.57. The van der Waals surface area contributed by atoms with E-state index in [1.54, 1.807) is 30.3 Å². The first kappa shape index (κ1) is 10.7. The summed E-state index contributed by atoms with van der Waals surface area (Å²) in [5, 5.41) is 27.0. The second-order valence-electron chi connectivity index (χ2n) is 3.54. The number of phenolic OH excluding ortho intramolecular Hbond substituents is 1. The molecule has 0 aliphatic heterocycles. The lowest BCUT2D eigenvalue weighted by molar-refractivity contribution is 0.473. The topological polar surface area (TPSA) is 67.8 Å². The van der Waals surface area contributed by atoms with Crippen LogP contribution in [0.3, 0.4) is 0 Å². The lowest BCUT2D eigenvalue weighted by Gasteiger charge is -2.03. The van der Waals surface area contributed by atoms with Gasteiger partial charge in [-0.3, -0.25) is 0 Å². The Morgan fingerprint density at radius 2 is 1.65 bits per heavy atom. The van der Waals surface area contributed by atoms with Crippen molar-refractivity contribution in [1.82, 2.24) is 0 Å². The summed E-state index contributed by atoms with van der Waals surface area (Å²) in [6.07, 6.45) is 0. The number of benzene rings is 2. The van der Waals surface area contributed by atoms with Gasteiger partial charge in [0.2, 0.25) is 0 Å². The minimum atomic E-state index is -0.0345. The van der Waals surface area contributed by atoms with Crippen LogP contribution in [-0.4, -0.2) is 5.11 Å². The Kier molecular flexibility index (Phi) is 2.77. The molecule has 0 spiro atoms. The molecule has 2 aromatic carbocycles. The zero-order valence-corrected chi connectivity index (χ0v) is 8.88. The predicted molar refractivity (Wildman–Crippen MR) is 63.0 cm³/mol. The second-order valence-corrected chi connectivity index (χ2v) is 3.54. The van der Waals surface area contributed by atoms with E-state index in [0.717, 1.165) is 11.1 Å². The third kappa shape index (κ3) is 2.09. The maximum atomic E-state index is 9.41. The van der Waals surface area contributed by atoms with Crippen LogP contribution in [0, 0.1) is 22.7 Å². The molecule has 0 saturated carbocycles. The van der Waals surface area contributed by atoms with E-state index in [2.05, 4.69) is 6.07 Å². The van der Waals surface area contributed by atoms with Gasteiger partial charge in [-0.15, -0.1) is 0 Å². The molecule has 3 nitrogen and oxygen atoms in total. The van der Waals surface area contributed by atoms with Crippen molar-refractivity contribution in [3.63, 3.8) is 0 Å². The number of aromatic hydroxyl groups is 1. The second kappa shape index (κ2) is 4.38. The van der Waals surface area contributed by atoms with E-state index in [1.165, 1.54) is 6.07 Å². The molecule has 0 radical (unpaired) electrons. The molecule has 0 bridgehead atoms. The van der Waals surface area contributed by atoms with E-state index in [0.29, 0.717) is 5.56 Å². The normalized spacial score (nSPS) is 9.29. The molecule has 0 atom stereocenters. The molecule has 0 unspecified atom stereocenters. The van der Waals surface area contributed by atoms with Crippen LogP contribution in [0.25, 0.3) is 11.1 Å². The smallest absolute Gasteiger partial charge is 0.133 e. The van der Waals surface area contributed by atoms with E-state index in [9.17, 15) is 5.11 Å². The van der Waals surface area contributed by atoms with Gasteiger partial charge >= 0.3 is 0 Å². The van der Waals surface area contributed by atoms with Crippen LogP contribution in [0.5, 0.6) is 5.75 Å². The van der Waals surface area contributed by atoms with Gasteiger partial charge in [-0.25, -0.2) is 0 Å². The molecule has 0 saturated heterocycles. The average Bonchev–Trinajstić information content (AvgIpc) is 2.39. The van der Waals surface area contributed by atoms with Crippen LogP contribution in [0.4, 0.5) is 0 Å². The Hall–Kier alpha value is -2.78. The van der Waals surface area contributed by atoms with Gasteiger partial charge in [0.25, 0.3) is 0 Å². The molecule has 2 aromatic rings. The summed E-state index contributed by atoms with van der Waals surface area (Å²) in [4.78, 5) is 0. The predicted octanol–water partition coefficient (Wildman–Crippen LogP) is 2.80. The van der Waals surface area contributed by atoms with Crippen molar-refractivity contribution in [2.24, 2.45) is 0 Å². The number of phenols is 1. The van der Waals surface area contributed by atoms with Gasteiger partial charge in [-0.05, 0) is 35.4 Å². The van der Waals surface area contributed by atoms with Crippen molar-refractivity contribution in [3.8, 4) is 29.0 Å². The van der Waals surface area contributed by atoms with Gasteiger partial charge in [0, 0.05) is 0 Å². The Bertz CT molecular complexity index is 648. The standard InChI is InChI=1S/C14H8N2O/c15-8-10-2-1-3-11(6-10)12-4-5-14(17)13(7-12)9-16/h1-7,17H. The lowest BCUT2D eigenvalue weighted by atomic mass is 10.0. The van der Waals surface area contributed by atoms with Gasteiger partial charge in [-0.1, -0.05) is 18.2 Å². The van der Waals surface area contributed by atoms with Crippen LogP contribution < -0.4 is 0 Å². The van der Waals surface area contributed by atoms with Gasteiger partial charge in [0.15, 0.2) is 0 Å². The highest BCUT2D eigenvalue weighted by atomic mass is 16.3. The molecule has 3 heteroatoms. The number of nitriles is 2. The van der Waals surface area contributed by atoms with Gasteiger partial charge in [0.05, 0.1) is 17.2 Å². The average molecular weight is 220 g/mol. The molecule has 0 aliphatic carbocycles. The van der Waals surface area contributed by atoms with Crippen molar-refractivity contribution < 1.29 is 5.11 Å². The largest absolute Gasteiger partial charge is 0.507 e. The Morgan fingerprint density at radius 1 is 0.882 bits per heavy atom. The summed E-state index contributed by atoms with van der Waals surface area (Å²) in [7, 11) is 0. The molecule has 0 heterocycles. The molecule has 1 N–H and O–H groups in total. The molecular formula is C14H8N2O. The van der Waals surface area contributed by atoms with Crippen LogP contribution >= 0.6 is 0 Å². The first-order valence-electron chi connectivity index (χ1n) is 4.98. The van der Waals surface area contributed by atoms with Gasteiger partial charge < -0.3 is 5.11 Å². The first-order valence-corrected chi connectivity index (χ1v) is 4.98. The highest BCUT2D eigenvalue weighted by Crippen LogP contribution is 2.25. The molecule has 80 valence electrons. The first-order chi connectivity index (χ1) is 8.24. The molecular weight excluding hydrogens is 212 g/mol. The zero-order valence-electron chi connectivity index (χ0n) is 8.88. The number of rotatable bonds is 1. The molecule has 2 rings (SSSR count). The lowest BCUT2D eigenvalue weighted by Crippen LogP contribution is -1.83. The maximum absolute atomic E-state index is 9.41. The molecule has 0 amide bonds. The van der Waals surface area contributed by atoms with Crippen molar-refractivity contribution in [1.29, 1.82) is 10.5 Å². The van der Waals surface area contributed by atoms with Crippen LogP contribution in [0.1, 0.15) is 11.1 Å². The van der Waals surface area contributed by atoms with E-state index >= 15 is 0 Å². The van der Waals surface area contributed by atoms with Crippen molar-refractivity contribution in [2.45, 2.75) is 0 Å². The summed E-state index contributed by atoms with van der Waals surface area (Å²) >= 11 is 0. The molecule has 0 aliphatic rings. The summed E-state index contributed by atoms with van der Waals surface area (Å²) in [5.41, 5.74) is 2.44. The van der Waals surface area contributed by atoms with Crippen molar-refractivity contribution in [2.75, 3.05) is 0 Å². The zero-order chi connectivity index (χ0) is 12.3. The molecule has 17 heavy (non-hydrogen) atoms. The summed E-state index contributed by atoms with van der Waals surface area (Å²) in [5.74, 6) is -0.0345. The SMILES string of the molecule is N#Cc1cccc(-c2ccc(O)c(C#N)c2)c1. The van der Waals surface area contributed by atoms with Crippen LogP contribution in [-0.2, 0) is 0 Å². The van der Waals surface area contributed by atoms with E-state index in [1.807, 2.05) is 12.1 Å². The Balaban J connectivity index is 2.54. The van der Waals surface area contributed by atoms with Crippen LogP contribution in [0.15, 0.2) is 42.5 Å². The van der Waals surface area contributed by atoms with Gasteiger partial charge in [0.1, 0.15) is 11.8 Å². The molecule has 0 aromatic heterocycles. The number of hydrogen-bond donors (Lipinski definition) is 1. The Labute approximate surface area is 98.8 Å². The third-order valence-corrected chi connectivity index (χ3v) is 2.44. The van der Waals surface area contributed by atoms with Crippen LogP contribution in [0.2, 0.25) is 0 Å². The highest BCUT2D eigenvalue weighted by molar-refractivity contribution is 5.68. The monoisotopic (exact) mass is 220 g/mol. The number of nitrogens with zero attached hydrogens (tertiary/aromatic N) is 2. The fraction of sp³-hybridized carbons (Fsp3) is 0. The summed E-state index contributed by atoms with van der Waals surface area (Å²) in [6, 6.07) is 15.9. The van der Waals surface area contributed by atoms with Crippen molar-refractivity contribution in [3.05, 3.63) is 53.6 Å². The minimum Gasteiger partial charge on any atom is -0.507 e. The third-order valence-electron chi connectivity index (χ3n) is 2.44. The quantitative estimate of drug-likeness (QED) is 0.803. The van der Waals surface area contributed by atoms with Crippen molar-refractivity contribution >= 4 is 0 Å². The summed E-state index contributed by atoms with van der Waals surface area (Å²) in [6.45, 7) is 0. The van der Waals surface area contributed by atoms with E-state index in [-0.39, 0.29) is 11.3 Å². The van der Waals surface area contributed by atoms with E-state index in [4.69, 9.17) is 10.5 Å². The van der Waals surface area contributed by atoms with E-state index < -0.39 is 0 Å².